The monoisotopic (exact) mass is 280 g/mol. The maximum absolute atomic E-state index is 11.8. The molecule has 0 radical (unpaired) electrons. The van der Waals surface area contributed by atoms with Gasteiger partial charge in [-0.15, -0.1) is 0 Å². The second-order valence-corrected chi connectivity index (χ2v) is 5.52. The lowest BCUT2D eigenvalue weighted by Crippen LogP contribution is -2.22. The van der Waals surface area contributed by atoms with E-state index in [4.69, 9.17) is 5.73 Å². The lowest BCUT2D eigenvalue weighted by molar-refractivity contribution is 0.0999. The molecular weight excluding hydrogens is 260 g/mol. The molecule has 21 heavy (non-hydrogen) atoms. The summed E-state index contributed by atoms with van der Waals surface area (Å²) in [4.78, 5) is 14.1. The summed E-state index contributed by atoms with van der Waals surface area (Å²) in [7, 11) is 0. The second-order valence-electron chi connectivity index (χ2n) is 5.52. The predicted octanol–water partition coefficient (Wildman–Crippen LogP) is 2.98. The highest BCUT2D eigenvalue weighted by atomic mass is 16.1. The summed E-state index contributed by atoms with van der Waals surface area (Å²) >= 11 is 0. The van der Waals surface area contributed by atoms with E-state index in [-0.39, 0.29) is 5.91 Å². The molecule has 0 atom stereocenters. The third kappa shape index (κ3) is 2.92. The number of primary amides is 1. The Morgan fingerprint density at radius 2 is 1.71 bits per heavy atom. The van der Waals surface area contributed by atoms with Crippen molar-refractivity contribution in [1.29, 1.82) is 0 Å². The van der Waals surface area contributed by atoms with Crippen LogP contribution in [0, 0.1) is 0 Å². The van der Waals surface area contributed by atoms with Crippen LogP contribution in [0.1, 0.15) is 34.3 Å². The maximum Gasteiger partial charge on any atom is 0.249 e. The number of nitrogens with two attached hydrogens (primary N) is 1. The van der Waals surface area contributed by atoms with Gasteiger partial charge in [0.05, 0.1) is 0 Å². The topological polar surface area (TPSA) is 46.3 Å². The molecule has 108 valence electrons. The van der Waals surface area contributed by atoms with Crippen LogP contribution in [0.2, 0.25) is 0 Å². The predicted molar refractivity (Wildman–Crippen MR) is 85.7 cm³/mol. The van der Waals surface area contributed by atoms with E-state index < -0.39 is 0 Å². The van der Waals surface area contributed by atoms with Gasteiger partial charge in [0.2, 0.25) is 5.91 Å². The summed E-state index contributed by atoms with van der Waals surface area (Å²) in [6.45, 7) is 2.12. The summed E-state index contributed by atoms with van der Waals surface area (Å²) < 4.78 is 0. The fourth-order valence-electron chi connectivity index (χ4n) is 3.05. The van der Waals surface area contributed by atoms with E-state index in [2.05, 4.69) is 23.1 Å². The molecule has 2 aromatic carbocycles. The smallest absolute Gasteiger partial charge is 0.249 e. The van der Waals surface area contributed by atoms with Gasteiger partial charge in [-0.1, -0.05) is 36.4 Å². The first-order chi connectivity index (χ1) is 10.3. The van der Waals surface area contributed by atoms with Crippen LogP contribution in [-0.4, -0.2) is 19.0 Å². The number of nitrogens with zero attached hydrogens (tertiary/aromatic N) is 1. The Kier molecular flexibility index (Phi) is 3.91. The van der Waals surface area contributed by atoms with Crippen LogP contribution in [-0.2, 0) is 6.42 Å². The van der Waals surface area contributed by atoms with E-state index in [1.807, 2.05) is 30.3 Å². The standard InChI is InChI=1S/C18H20N2O/c19-18(21)15-9-6-10-17(20-11-4-5-12-20)16(15)13-14-7-2-1-3-8-14/h1-3,6-10H,4-5,11-13H2,(H2,19,21). The molecule has 0 aliphatic carbocycles. The maximum atomic E-state index is 11.8. The first kappa shape index (κ1) is 13.7. The first-order valence-electron chi connectivity index (χ1n) is 7.46. The fraction of sp³-hybridized carbons (Fsp3) is 0.278. The largest absolute Gasteiger partial charge is 0.371 e. The fourth-order valence-corrected chi connectivity index (χ4v) is 3.05. The highest BCUT2D eigenvalue weighted by molar-refractivity contribution is 5.96. The number of amides is 1. The summed E-state index contributed by atoms with van der Waals surface area (Å²) in [6, 6.07) is 16.1. The number of carbonyl (C=O) groups is 1. The Labute approximate surface area is 125 Å². The molecule has 2 N–H and O–H groups in total. The zero-order valence-electron chi connectivity index (χ0n) is 12.1. The number of rotatable bonds is 4. The summed E-state index contributed by atoms with van der Waals surface area (Å²) in [6.07, 6.45) is 3.17. The second kappa shape index (κ2) is 6.00. The minimum Gasteiger partial charge on any atom is -0.371 e. The van der Waals surface area contributed by atoms with Crippen LogP contribution in [0.5, 0.6) is 0 Å². The van der Waals surface area contributed by atoms with Crippen LogP contribution in [0.25, 0.3) is 0 Å². The van der Waals surface area contributed by atoms with Crippen molar-refractivity contribution in [3.8, 4) is 0 Å². The lowest BCUT2D eigenvalue weighted by atomic mass is 9.97. The van der Waals surface area contributed by atoms with E-state index in [9.17, 15) is 4.79 Å². The highest BCUT2D eigenvalue weighted by Crippen LogP contribution is 2.29. The Hall–Kier alpha value is -2.29. The van der Waals surface area contributed by atoms with Crippen LogP contribution in [0.4, 0.5) is 5.69 Å². The van der Waals surface area contributed by atoms with Crippen molar-refractivity contribution in [1.82, 2.24) is 0 Å². The Morgan fingerprint density at radius 1 is 1.00 bits per heavy atom. The van der Waals surface area contributed by atoms with Gasteiger partial charge in [0, 0.05) is 30.8 Å². The number of carbonyl (C=O) groups excluding carboxylic acids is 1. The van der Waals surface area contributed by atoms with Crippen molar-refractivity contribution in [3.63, 3.8) is 0 Å². The Morgan fingerprint density at radius 3 is 2.38 bits per heavy atom. The van der Waals surface area contributed by atoms with Crippen molar-refractivity contribution in [3.05, 3.63) is 65.2 Å². The Balaban J connectivity index is 2.03. The van der Waals surface area contributed by atoms with Gasteiger partial charge < -0.3 is 10.6 Å². The molecule has 0 unspecified atom stereocenters. The van der Waals surface area contributed by atoms with Gasteiger partial charge in [-0.3, -0.25) is 4.79 Å². The summed E-state index contributed by atoms with van der Waals surface area (Å²) in [5.74, 6) is -0.345. The molecule has 0 spiro atoms. The van der Waals surface area contributed by atoms with Gasteiger partial charge in [0.15, 0.2) is 0 Å². The zero-order valence-corrected chi connectivity index (χ0v) is 12.1. The van der Waals surface area contributed by atoms with Crippen molar-refractivity contribution in [2.24, 2.45) is 5.73 Å². The van der Waals surface area contributed by atoms with Crippen molar-refractivity contribution < 1.29 is 4.79 Å². The van der Waals surface area contributed by atoms with Crippen molar-refractivity contribution >= 4 is 11.6 Å². The molecule has 1 amide bonds. The van der Waals surface area contributed by atoms with E-state index in [0.29, 0.717) is 5.56 Å². The molecule has 0 bridgehead atoms. The molecule has 1 aliphatic rings. The minimum absolute atomic E-state index is 0.345. The normalized spacial score (nSPS) is 14.4. The molecular formula is C18H20N2O. The third-order valence-corrected chi connectivity index (χ3v) is 4.09. The molecule has 3 rings (SSSR count). The van der Waals surface area contributed by atoms with Gasteiger partial charge in [-0.05, 0) is 36.1 Å². The molecule has 3 nitrogen and oxygen atoms in total. The number of anilines is 1. The molecule has 0 aromatic heterocycles. The third-order valence-electron chi connectivity index (χ3n) is 4.09. The van der Waals surface area contributed by atoms with Gasteiger partial charge in [-0.2, -0.15) is 0 Å². The van der Waals surface area contributed by atoms with Gasteiger partial charge in [0.1, 0.15) is 0 Å². The number of hydrogen-bond donors (Lipinski definition) is 1. The first-order valence-corrected chi connectivity index (χ1v) is 7.46. The number of hydrogen-bond acceptors (Lipinski definition) is 2. The molecule has 3 heteroatoms. The Bertz CT molecular complexity index is 631. The van der Waals surface area contributed by atoms with E-state index in [1.54, 1.807) is 0 Å². The molecule has 2 aromatic rings. The van der Waals surface area contributed by atoms with Crippen molar-refractivity contribution in [2.75, 3.05) is 18.0 Å². The summed E-state index contributed by atoms with van der Waals surface area (Å²) in [5.41, 5.74) is 9.63. The van der Waals surface area contributed by atoms with Crippen LogP contribution in [0.15, 0.2) is 48.5 Å². The SMILES string of the molecule is NC(=O)c1cccc(N2CCCC2)c1Cc1ccccc1. The number of benzene rings is 2. The average molecular weight is 280 g/mol. The van der Waals surface area contributed by atoms with Crippen molar-refractivity contribution in [2.45, 2.75) is 19.3 Å². The van der Waals surface area contributed by atoms with Crippen LogP contribution >= 0.6 is 0 Å². The minimum atomic E-state index is -0.345. The summed E-state index contributed by atoms with van der Waals surface area (Å²) in [5, 5.41) is 0. The van der Waals surface area contributed by atoms with E-state index >= 15 is 0 Å². The molecule has 1 aliphatic heterocycles. The zero-order chi connectivity index (χ0) is 14.7. The van der Waals surface area contributed by atoms with Gasteiger partial charge >= 0.3 is 0 Å². The molecule has 1 saturated heterocycles. The lowest BCUT2D eigenvalue weighted by Gasteiger charge is -2.23. The molecule has 1 heterocycles. The quantitative estimate of drug-likeness (QED) is 0.936. The van der Waals surface area contributed by atoms with Crippen LogP contribution in [0.3, 0.4) is 0 Å². The van der Waals surface area contributed by atoms with E-state index in [1.165, 1.54) is 18.4 Å². The van der Waals surface area contributed by atoms with Crippen LogP contribution < -0.4 is 10.6 Å². The van der Waals surface area contributed by atoms with Gasteiger partial charge in [-0.25, -0.2) is 0 Å². The molecule has 0 saturated carbocycles. The highest BCUT2D eigenvalue weighted by Gasteiger charge is 2.19. The molecule has 1 fully saturated rings. The average Bonchev–Trinajstić information content (AvgIpc) is 3.02. The van der Waals surface area contributed by atoms with Gasteiger partial charge in [0.25, 0.3) is 0 Å². The van der Waals surface area contributed by atoms with E-state index in [0.717, 1.165) is 30.8 Å².